The first-order valence-corrected chi connectivity index (χ1v) is 4.27. The van der Waals surface area contributed by atoms with Crippen LogP contribution in [0.25, 0.3) is 5.82 Å². The molecule has 0 saturated heterocycles. The van der Waals surface area contributed by atoms with Crippen LogP contribution in [0, 0.1) is 0 Å². The van der Waals surface area contributed by atoms with Crippen LogP contribution in [-0.2, 0) is 0 Å². The minimum Gasteiger partial charge on any atom is -0.476 e. The quantitative estimate of drug-likeness (QED) is 0.467. The third kappa shape index (κ3) is 1.78. The van der Waals surface area contributed by atoms with Gasteiger partial charge in [0, 0.05) is 0 Å². The first-order chi connectivity index (χ1) is 7.99. The Labute approximate surface area is 91.7 Å². The van der Waals surface area contributed by atoms with E-state index in [-0.39, 0.29) is 11.5 Å². The van der Waals surface area contributed by atoms with Gasteiger partial charge in [-0.3, -0.25) is 9.78 Å². The summed E-state index contributed by atoms with van der Waals surface area (Å²) in [6.07, 6.45) is 1.11. The zero-order valence-electron chi connectivity index (χ0n) is 8.17. The summed E-state index contributed by atoms with van der Waals surface area (Å²) in [5.41, 5.74) is 3.27. The predicted molar refractivity (Wildman–Crippen MR) is 54.0 cm³/mol. The van der Waals surface area contributed by atoms with Crippen LogP contribution in [-0.4, -0.2) is 36.0 Å². The number of aromatic nitrogens is 5. The molecule has 17 heavy (non-hydrogen) atoms. The normalized spacial score (nSPS) is 10.4. The van der Waals surface area contributed by atoms with E-state index in [0.29, 0.717) is 0 Å². The van der Waals surface area contributed by atoms with Crippen molar-refractivity contribution in [2.24, 2.45) is 0 Å². The number of aromatic carboxylic acids is 1. The van der Waals surface area contributed by atoms with Crippen LogP contribution in [0.5, 0.6) is 0 Å². The minimum absolute atomic E-state index is 0.120. The zero-order valence-corrected chi connectivity index (χ0v) is 8.17. The van der Waals surface area contributed by atoms with Gasteiger partial charge in [-0.25, -0.2) is 19.4 Å². The molecule has 0 aromatic carbocycles. The molecule has 0 saturated carbocycles. The summed E-state index contributed by atoms with van der Waals surface area (Å²) in [6, 6.07) is 0. The molecule has 0 spiro atoms. The predicted octanol–water partition coefficient (Wildman–Crippen LogP) is -2.08. The molecule has 0 unspecified atom stereocenters. The highest BCUT2D eigenvalue weighted by Gasteiger charge is 2.16. The monoisotopic (exact) mass is 238 g/mol. The molecule has 0 amide bonds. The molecule has 5 N–H and O–H groups in total. The average Bonchev–Trinajstić information content (AvgIpc) is 2.60. The number of anilines is 1. The number of carbonyl (C=O) groups is 1. The molecule has 0 aliphatic carbocycles. The van der Waals surface area contributed by atoms with Crippen LogP contribution in [0.1, 0.15) is 10.5 Å². The Bertz CT molecular complexity index is 695. The number of H-pyrrole nitrogens is 2. The summed E-state index contributed by atoms with van der Waals surface area (Å²) in [5.74, 6) is -1.62. The van der Waals surface area contributed by atoms with Crippen LogP contribution in [0.15, 0.2) is 15.8 Å². The fraction of sp³-hybridized carbons (Fsp3) is 0. The van der Waals surface area contributed by atoms with E-state index in [1.54, 1.807) is 0 Å². The SMILES string of the molecule is Nc1cn(-c2n[nH]c(=O)[nH]c2=O)nc1C(=O)O. The van der Waals surface area contributed by atoms with Gasteiger partial charge in [-0.2, -0.15) is 5.10 Å². The molecule has 88 valence electrons. The van der Waals surface area contributed by atoms with Gasteiger partial charge in [0.25, 0.3) is 5.56 Å². The third-order valence-corrected chi connectivity index (χ3v) is 1.86. The van der Waals surface area contributed by atoms with Gasteiger partial charge in [0.2, 0.25) is 5.82 Å². The van der Waals surface area contributed by atoms with Crippen molar-refractivity contribution in [2.75, 3.05) is 5.73 Å². The number of nitrogens with zero attached hydrogens (tertiary/aromatic N) is 3. The van der Waals surface area contributed by atoms with Crippen LogP contribution in [0.3, 0.4) is 0 Å². The zero-order chi connectivity index (χ0) is 12.6. The molecule has 0 radical (unpaired) electrons. The molecule has 10 nitrogen and oxygen atoms in total. The van der Waals surface area contributed by atoms with E-state index in [1.807, 2.05) is 10.1 Å². The van der Waals surface area contributed by atoms with Crippen molar-refractivity contribution in [3.8, 4) is 5.82 Å². The summed E-state index contributed by atoms with van der Waals surface area (Å²) in [5, 5.41) is 17.7. The molecule has 2 aromatic heterocycles. The van der Waals surface area contributed by atoms with Crippen molar-refractivity contribution in [2.45, 2.75) is 0 Å². The fourth-order valence-corrected chi connectivity index (χ4v) is 1.16. The van der Waals surface area contributed by atoms with Crippen LogP contribution in [0.2, 0.25) is 0 Å². The Morgan fingerprint density at radius 3 is 2.71 bits per heavy atom. The average molecular weight is 238 g/mol. The van der Waals surface area contributed by atoms with Crippen LogP contribution < -0.4 is 17.0 Å². The Balaban J connectivity index is 2.61. The number of carboxylic acids is 1. The number of hydrogen-bond donors (Lipinski definition) is 4. The maximum absolute atomic E-state index is 11.3. The Morgan fingerprint density at radius 2 is 2.18 bits per heavy atom. The Hall–Kier alpha value is -2.91. The number of nitrogens with one attached hydrogen (secondary N) is 2. The molecule has 0 aliphatic rings. The highest BCUT2D eigenvalue weighted by Crippen LogP contribution is 2.09. The van der Waals surface area contributed by atoms with Crippen molar-refractivity contribution >= 4 is 11.7 Å². The molecule has 10 heteroatoms. The lowest BCUT2D eigenvalue weighted by Gasteiger charge is -1.95. The summed E-state index contributed by atoms with van der Waals surface area (Å²) in [7, 11) is 0. The van der Waals surface area contributed by atoms with E-state index in [2.05, 4.69) is 10.2 Å². The van der Waals surface area contributed by atoms with Crippen molar-refractivity contribution in [3.63, 3.8) is 0 Å². The molecular weight excluding hydrogens is 232 g/mol. The van der Waals surface area contributed by atoms with E-state index < -0.39 is 22.9 Å². The number of aromatic amines is 2. The molecular formula is C7H6N6O4. The van der Waals surface area contributed by atoms with E-state index >= 15 is 0 Å². The Morgan fingerprint density at radius 1 is 1.47 bits per heavy atom. The summed E-state index contributed by atoms with van der Waals surface area (Å²) in [6.45, 7) is 0. The van der Waals surface area contributed by atoms with Gasteiger partial charge >= 0.3 is 11.7 Å². The number of nitrogens with two attached hydrogens (primary N) is 1. The van der Waals surface area contributed by atoms with Crippen molar-refractivity contribution in [3.05, 3.63) is 32.7 Å². The van der Waals surface area contributed by atoms with E-state index in [4.69, 9.17) is 10.8 Å². The lowest BCUT2D eigenvalue weighted by Crippen LogP contribution is -2.28. The van der Waals surface area contributed by atoms with Crippen molar-refractivity contribution in [1.82, 2.24) is 25.0 Å². The molecule has 2 heterocycles. The molecule has 0 bridgehead atoms. The maximum Gasteiger partial charge on any atom is 0.358 e. The minimum atomic E-state index is -1.33. The smallest absolute Gasteiger partial charge is 0.358 e. The second kappa shape index (κ2) is 3.59. The summed E-state index contributed by atoms with van der Waals surface area (Å²) in [4.78, 5) is 34.7. The standard InChI is InChI=1S/C7H6N6O4/c8-2-1-13(12-3(2)6(15)16)4-5(14)9-7(17)11-10-4/h1H,8H2,(H,15,16)(H2,9,11,14,17). The molecule has 0 atom stereocenters. The van der Waals surface area contributed by atoms with Crippen molar-refractivity contribution < 1.29 is 9.90 Å². The van der Waals surface area contributed by atoms with Crippen LogP contribution in [0.4, 0.5) is 5.69 Å². The van der Waals surface area contributed by atoms with E-state index in [0.717, 1.165) is 10.9 Å². The van der Waals surface area contributed by atoms with Gasteiger partial charge in [0.1, 0.15) is 0 Å². The number of carboxylic acid groups (broad SMARTS) is 1. The fourth-order valence-electron chi connectivity index (χ4n) is 1.16. The van der Waals surface area contributed by atoms with Gasteiger partial charge in [-0.1, -0.05) is 0 Å². The van der Waals surface area contributed by atoms with E-state index in [1.165, 1.54) is 0 Å². The molecule has 0 aliphatic heterocycles. The maximum atomic E-state index is 11.3. The van der Waals surface area contributed by atoms with Gasteiger partial charge in [-0.05, 0) is 0 Å². The molecule has 2 rings (SSSR count). The largest absolute Gasteiger partial charge is 0.476 e. The van der Waals surface area contributed by atoms with Gasteiger partial charge in [0.15, 0.2) is 5.69 Å². The van der Waals surface area contributed by atoms with Crippen LogP contribution >= 0.6 is 0 Å². The molecule has 2 aromatic rings. The molecule has 0 fully saturated rings. The second-order valence-electron chi connectivity index (χ2n) is 3.01. The number of rotatable bonds is 2. The first kappa shape index (κ1) is 10.6. The van der Waals surface area contributed by atoms with Gasteiger partial charge < -0.3 is 10.8 Å². The second-order valence-corrected chi connectivity index (χ2v) is 3.01. The third-order valence-electron chi connectivity index (χ3n) is 1.86. The highest BCUT2D eigenvalue weighted by atomic mass is 16.4. The first-order valence-electron chi connectivity index (χ1n) is 4.27. The van der Waals surface area contributed by atoms with Crippen molar-refractivity contribution in [1.29, 1.82) is 0 Å². The van der Waals surface area contributed by atoms with Gasteiger partial charge in [-0.15, -0.1) is 5.10 Å². The number of hydrogen-bond acceptors (Lipinski definition) is 6. The summed E-state index contributed by atoms with van der Waals surface area (Å²) < 4.78 is 0.869. The van der Waals surface area contributed by atoms with Gasteiger partial charge in [0.05, 0.1) is 11.9 Å². The Kier molecular flexibility index (Phi) is 2.24. The lowest BCUT2D eigenvalue weighted by molar-refractivity contribution is 0.0691. The summed E-state index contributed by atoms with van der Waals surface area (Å²) >= 11 is 0. The lowest BCUT2D eigenvalue weighted by atomic mass is 10.4. The topological polar surface area (TPSA) is 160 Å². The number of nitrogen functional groups attached to an aromatic ring is 1. The van der Waals surface area contributed by atoms with E-state index in [9.17, 15) is 14.4 Å². The highest BCUT2D eigenvalue weighted by molar-refractivity contribution is 5.91.